The summed E-state index contributed by atoms with van der Waals surface area (Å²) in [7, 11) is 0. The molecule has 1 aromatic heterocycles. The maximum atomic E-state index is 11.7. The van der Waals surface area contributed by atoms with E-state index < -0.39 is 0 Å². The van der Waals surface area contributed by atoms with Crippen LogP contribution in [0.4, 0.5) is 0 Å². The van der Waals surface area contributed by atoms with E-state index in [9.17, 15) is 9.59 Å². The number of hydrogen-bond donors (Lipinski definition) is 2. The van der Waals surface area contributed by atoms with Crippen LogP contribution in [0.25, 0.3) is 0 Å². The van der Waals surface area contributed by atoms with Crippen LogP contribution in [0.2, 0.25) is 0 Å². The molecule has 21 heavy (non-hydrogen) atoms. The van der Waals surface area contributed by atoms with Gasteiger partial charge in [-0.15, -0.1) is 0 Å². The van der Waals surface area contributed by atoms with Gasteiger partial charge in [-0.1, -0.05) is 25.7 Å². The Morgan fingerprint density at radius 2 is 1.95 bits per heavy atom. The van der Waals surface area contributed by atoms with Crippen LogP contribution < -0.4 is 10.6 Å². The second-order valence-electron chi connectivity index (χ2n) is 5.54. The van der Waals surface area contributed by atoms with Gasteiger partial charge in [0.1, 0.15) is 0 Å². The van der Waals surface area contributed by atoms with Crippen molar-refractivity contribution >= 4 is 11.8 Å². The third-order valence-electron chi connectivity index (χ3n) is 3.91. The predicted molar refractivity (Wildman–Crippen MR) is 80.8 cm³/mol. The van der Waals surface area contributed by atoms with Gasteiger partial charge in [-0.05, 0) is 24.5 Å². The highest BCUT2D eigenvalue weighted by atomic mass is 16.2. The Kier molecular flexibility index (Phi) is 6.19. The van der Waals surface area contributed by atoms with Gasteiger partial charge in [0.2, 0.25) is 5.91 Å². The number of rotatable bonds is 7. The van der Waals surface area contributed by atoms with Crippen LogP contribution in [-0.4, -0.2) is 29.9 Å². The number of carbonyl (C=O) groups is 2. The number of carbonyl (C=O) groups excluding carboxylic acids is 2. The Morgan fingerprint density at radius 3 is 2.67 bits per heavy atom. The average Bonchev–Trinajstić information content (AvgIpc) is 3.03. The molecule has 1 saturated carbocycles. The van der Waals surface area contributed by atoms with E-state index in [0.717, 1.165) is 12.3 Å². The Bertz CT molecular complexity index is 456. The van der Waals surface area contributed by atoms with E-state index in [1.54, 1.807) is 18.3 Å². The second kappa shape index (κ2) is 8.39. The van der Waals surface area contributed by atoms with Gasteiger partial charge < -0.3 is 10.6 Å². The molecule has 0 aliphatic heterocycles. The topological polar surface area (TPSA) is 71.1 Å². The van der Waals surface area contributed by atoms with Crippen molar-refractivity contribution in [2.75, 3.05) is 13.1 Å². The van der Waals surface area contributed by atoms with E-state index in [1.807, 2.05) is 0 Å². The van der Waals surface area contributed by atoms with Crippen molar-refractivity contribution in [3.8, 4) is 0 Å². The molecule has 1 heterocycles. The Morgan fingerprint density at radius 1 is 1.19 bits per heavy atom. The first kappa shape index (κ1) is 15.5. The van der Waals surface area contributed by atoms with Crippen LogP contribution in [0.3, 0.4) is 0 Å². The highest BCUT2D eigenvalue weighted by Crippen LogP contribution is 2.28. The van der Waals surface area contributed by atoms with Gasteiger partial charge >= 0.3 is 0 Å². The predicted octanol–water partition coefficient (Wildman–Crippen LogP) is 1.90. The van der Waals surface area contributed by atoms with Crippen molar-refractivity contribution in [2.24, 2.45) is 5.92 Å². The molecule has 1 fully saturated rings. The lowest BCUT2D eigenvalue weighted by atomic mass is 10.0. The summed E-state index contributed by atoms with van der Waals surface area (Å²) in [6.45, 7) is 0.901. The molecule has 1 aliphatic rings. The maximum Gasteiger partial charge on any atom is 0.252 e. The SMILES string of the molecule is O=C(CCC1CCCC1)NCCNC(=O)c1cccnc1. The summed E-state index contributed by atoms with van der Waals surface area (Å²) in [6.07, 6.45) is 9.91. The van der Waals surface area contributed by atoms with Crippen LogP contribution in [0.5, 0.6) is 0 Å². The first-order chi connectivity index (χ1) is 10.3. The van der Waals surface area contributed by atoms with Gasteiger partial charge in [-0.3, -0.25) is 14.6 Å². The molecule has 0 atom stereocenters. The number of hydrogen-bond acceptors (Lipinski definition) is 3. The number of nitrogens with one attached hydrogen (secondary N) is 2. The van der Waals surface area contributed by atoms with Crippen molar-refractivity contribution in [1.82, 2.24) is 15.6 Å². The number of nitrogens with zero attached hydrogens (tertiary/aromatic N) is 1. The van der Waals surface area contributed by atoms with Gasteiger partial charge in [0, 0.05) is 31.9 Å². The van der Waals surface area contributed by atoms with Gasteiger partial charge in [0.05, 0.1) is 5.56 Å². The standard InChI is InChI=1S/C16H23N3O2/c20-15(8-7-13-4-1-2-5-13)18-10-11-19-16(21)14-6-3-9-17-12-14/h3,6,9,12-13H,1-2,4-5,7-8,10-11H2,(H,18,20)(H,19,21). The quantitative estimate of drug-likeness (QED) is 0.753. The number of aromatic nitrogens is 1. The molecule has 0 radical (unpaired) electrons. The molecule has 1 aliphatic carbocycles. The van der Waals surface area contributed by atoms with E-state index in [0.29, 0.717) is 25.1 Å². The van der Waals surface area contributed by atoms with Gasteiger partial charge in [0.25, 0.3) is 5.91 Å². The minimum atomic E-state index is -0.164. The van der Waals surface area contributed by atoms with Crippen LogP contribution in [0.1, 0.15) is 48.9 Å². The molecule has 0 unspecified atom stereocenters. The Labute approximate surface area is 125 Å². The van der Waals surface area contributed by atoms with E-state index in [1.165, 1.54) is 31.9 Å². The van der Waals surface area contributed by atoms with Gasteiger partial charge in [0.15, 0.2) is 0 Å². The molecule has 0 aromatic carbocycles. The lowest BCUT2D eigenvalue weighted by molar-refractivity contribution is -0.121. The summed E-state index contributed by atoms with van der Waals surface area (Å²) in [5, 5.41) is 5.60. The van der Waals surface area contributed by atoms with Crippen LogP contribution in [0.15, 0.2) is 24.5 Å². The molecular formula is C16H23N3O2. The fraction of sp³-hybridized carbons (Fsp3) is 0.562. The molecule has 2 amide bonds. The molecule has 0 spiro atoms. The molecule has 0 saturated heterocycles. The molecule has 114 valence electrons. The molecule has 2 rings (SSSR count). The van der Waals surface area contributed by atoms with Crippen LogP contribution in [0, 0.1) is 5.92 Å². The highest BCUT2D eigenvalue weighted by Gasteiger charge is 2.15. The first-order valence-electron chi connectivity index (χ1n) is 7.70. The zero-order valence-electron chi connectivity index (χ0n) is 12.3. The summed E-state index contributed by atoms with van der Waals surface area (Å²) >= 11 is 0. The van der Waals surface area contributed by atoms with Crippen molar-refractivity contribution < 1.29 is 9.59 Å². The fourth-order valence-electron chi connectivity index (χ4n) is 2.70. The van der Waals surface area contributed by atoms with Crippen LogP contribution in [-0.2, 0) is 4.79 Å². The van der Waals surface area contributed by atoms with E-state index >= 15 is 0 Å². The van der Waals surface area contributed by atoms with Crippen molar-refractivity contribution in [1.29, 1.82) is 0 Å². The maximum absolute atomic E-state index is 11.7. The third kappa shape index (κ3) is 5.53. The zero-order valence-corrected chi connectivity index (χ0v) is 12.3. The third-order valence-corrected chi connectivity index (χ3v) is 3.91. The normalized spacial score (nSPS) is 14.9. The second-order valence-corrected chi connectivity index (χ2v) is 5.54. The molecule has 0 bridgehead atoms. The molecule has 5 heteroatoms. The van der Waals surface area contributed by atoms with E-state index in [-0.39, 0.29) is 11.8 Å². The first-order valence-corrected chi connectivity index (χ1v) is 7.70. The summed E-state index contributed by atoms with van der Waals surface area (Å²) in [6, 6.07) is 3.43. The summed E-state index contributed by atoms with van der Waals surface area (Å²) in [5.41, 5.74) is 0.532. The van der Waals surface area contributed by atoms with Crippen molar-refractivity contribution in [3.63, 3.8) is 0 Å². The largest absolute Gasteiger partial charge is 0.354 e. The van der Waals surface area contributed by atoms with Crippen LogP contribution >= 0.6 is 0 Å². The summed E-state index contributed by atoms with van der Waals surface area (Å²) in [4.78, 5) is 27.3. The van der Waals surface area contributed by atoms with Gasteiger partial charge in [-0.25, -0.2) is 0 Å². The fourth-order valence-corrected chi connectivity index (χ4v) is 2.70. The smallest absolute Gasteiger partial charge is 0.252 e. The Hall–Kier alpha value is -1.91. The zero-order chi connectivity index (χ0) is 14.9. The summed E-state index contributed by atoms with van der Waals surface area (Å²) in [5.74, 6) is 0.655. The minimum absolute atomic E-state index is 0.0810. The molecule has 2 N–H and O–H groups in total. The number of pyridine rings is 1. The molecule has 5 nitrogen and oxygen atoms in total. The van der Waals surface area contributed by atoms with Crippen molar-refractivity contribution in [2.45, 2.75) is 38.5 Å². The average molecular weight is 289 g/mol. The minimum Gasteiger partial charge on any atom is -0.354 e. The van der Waals surface area contributed by atoms with Gasteiger partial charge in [-0.2, -0.15) is 0 Å². The highest BCUT2D eigenvalue weighted by molar-refractivity contribution is 5.93. The molecule has 1 aromatic rings. The van der Waals surface area contributed by atoms with Crippen molar-refractivity contribution in [3.05, 3.63) is 30.1 Å². The lowest BCUT2D eigenvalue weighted by Crippen LogP contribution is -2.34. The summed E-state index contributed by atoms with van der Waals surface area (Å²) < 4.78 is 0. The van der Waals surface area contributed by atoms with E-state index in [2.05, 4.69) is 15.6 Å². The Balaban J connectivity index is 1.54. The molecular weight excluding hydrogens is 266 g/mol. The number of amides is 2. The van der Waals surface area contributed by atoms with E-state index in [4.69, 9.17) is 0 Å². The monoisotopic (exact) mass is 289 g/mol. The lowest BCUT2D eigenvalue weighted by Gasteiger charge is -2.09.